The van der Waals surface area contributed by atoms with Crippen LogP contribution < -0.4 is 15.9 Å². The number of aromatic nitrogens is 5. The Morgan fingerprint density at radius 3 is 2.74 bits per heavy atom. The van der Waals surface area contributed by atoms with Crippen LogP contribution in [0.5, 0.6) is 0 Å². The molecule has 0 radical (unpaired) electrons. The molecule has 3 aromatic heterocycles. The molecule has 0 aromatic carbocycles. The van der Waals surface area contributed by atoms with Gasteiger partial charge in [0.2, 0.25) is 5.95 Å². The van der Waals surface area contributed by atoms with Crippen molar-refractivity contribution in [1.29, 1.82) is 0 Å². The Kier molecular flexibility index (Phi) is 6.73. The highest BCUT2D eigenvalue weighted by Crippen LogP contribution is 2.35. The lowest BCUT2D eigenvalue weighted by molar-refractivity contribution is -0.0881. The van der Waals surface area contributed by atoms with Crippen LogP contribution in [0.1, 0.15) is 26.7 Å². The number of nitrogens with zero attached hydrogens (tertiary/aromatic N) is 6. The Balaban J connectivity index is 1.62. The number of rotatable bonds is 7. The summed E-state index contributed by atoms with van der Waals surface area (Å²) in [6.07, 6.45) is 2.86. The average molecular weight is 512 g/mol. The van der Waals surface area contributed by atoms with E-state index in [0.717, 1.165) is 0 Å². The van der Waals surface area contributed by atoms with E-state index in [-0.39, 0.29) is 35.6 Å². The van der Waals surface area contributed by atoms with Crippen LogP contribution in [-0.4, -0.2) is 65.5 Å². The predicted molar refractivity (Wildman–Crippen MR) is 129 cm³/mol. The summed E-state index contributed by atoms with van der Waals surface area (Å²) in [7, 11) is 1.63. The molecule has 13 heteroatoms. The number of aryl methyl sites for hydroxylation is 2. The zero-order valence-electron chi connectivity index (χ0n) is 19.7. The molecule has 0 bridgehead atoms. The van der Waals surface area contributed by atoms with Crippen molar-refractivity contribution in [3.63, 3.8) is 0 Å². The summed E-state index contributed by atoms with van der Waals surface area (Å²) in [5, 5.41) is 22.7. The maximum absolute atomic E-state index is 14.0. The Hall–Kier alpha value is -2.83. The maximum Gasteiger partial charge on any atom is 0.330 e. The number of nitrogens with one attached hydrogen (secondary N) is 1. The molecule has 4 heterocycles. The van der Waals surface area contributed by atoms with E-state index in [4.69, 9.17) is 11.6 Å². The Morgan fingerprint density at radius 1 is 1.31 bits per heavy atom. The fourth-order valence-electron chi connectivity index (χ4n) is 4.03. The summed E-state index contributed by atoms with van der Waals surface area (Å²) < 4.78 is 31.0. The highest BCUT2D eigenvalue weighted by atomic mass is 35.5. The van der Waals surface area contributed by atoms with Crippen molar-refractivity contribution in [2.45, 2.75) is 44.8 Å². The van der Waals surface area contributed by atoms with Crippen LogP contribution in [0.15, 0.2) is 23.3 Å². The molecule has 1 saturated heterocycles. The molecule has 190 valence electrons. The number of hydrogen-bond acceptors (Lipinski definition) is 8. The minimum absolute atomic E-state index is 0.0373. The van der Waals surface area contributed by atoms with E-state index in [1.54, 1.807) is 36.4 Å². The minimum Gasteiger partial charge on any atom is -0.396 e. The molecule has 3 N–H and O–H groups in total. The number of halogens is 3. The van der Waals surface area contributed by atoms with Crippen LogP contribution in [0.4, 0.5) is 26.2 Å². The van der Waals surface area contributed by atoms with Crippen molar-refractivity contribution in [2.75, 3.05) is 29.9 Å². The molecule has 0 spiro atoms. The molecule has 1 atom stereocenters. The Morgan fingerprint density at radius 2 is 2.06 bits per heavy atom. The van der Waals surface area contributed by atoms with Crippen molar-refractivity contribution in [2.24, 2.45) is 13.0 Å². The summed E-state index contributed by atoms with van der Waals surface area (Å²) in [6.45, 7) is 2.96. The van der Waals surface area contributed by atoms with Gasteiger partial charge in [-0.05, 0) is 26.3 Å². The topological polar surface area (TPSA) is 121 Å². The standard InChI is InChI=1S/C22H28ClF2N7O3/c1-21(2,35)4-7-32-16-8-14(9-26-18(16)30(3)20(32)34)28-17-15(23)10-27-19(29-17)31-6-5-22(24,25)13(11-31)12-33/h8-10,13,33,35H,4-7,11-12H2,1-3H3,(H,27,28,29)/t13-/m1/s1. The highest BCUT2D eigenvalue weighted by Gasteiger charge is 2.44. The third kappa shape index (κ3) is 5.24. The normalized spacial score (nSPS) is 18.3. The summed E-state index contributed by atoms with van der Waals surface area (Å²) in [5.41, 5.74) is 0.362. The fourth-order valence-corrected chi connectivity index (χ4v) is 4.17. The summed E-state index contributed by atoms with van der Waals surface area (Å²) in [4.78, 5) is 27.3. The number of pyridine rings is 1. The van der Waals surface area contributed by atoms with Crippen LogP contribution >= 0.6 is 11.6 Å². The zero-order valence-corrected chi connectivity index (χ0v) is 20.4. The van der Waals surface area contributed by atoms with Gasteiger partial charge in [-0.2, -0.15) is 4.98 Å². The van der Waals surface area contributed by atoms with E-state index in [1.165, 1.54) is 17.0 Å². The monoisotopic (exact) mass is 511 g/mol. The van der Waals surface area contributed by atoms with E-state index in [1.807, 2.05) is 0 Å². The van der Waals surface area contributed by atoms with Gasteiger partial charge in [0.05, 0.1) is 41.7 Å². The van der Waals surface area contributed by atoms with E-state index in [9.17, 15) is 23.8 Å². The molecule has 0 aliphatic carbocycles. The van der Waals surface area contributed by atoms with Crippen LogP contribution in [0.3, 0.4) is 0 Å². The van der Waals surface area contributed by atoms with Crippen molar-refractivity contribution >= 4 is 40.2 Å². The Labute approximate surface area is 205 Å². The molecule has 0 amide bonds. The van der Waals surface area contributed by atoms with Gasteiger partial charge in [0.1, 0.15) is 5.02 Å². The largest absolute Gasteiger partial charge is 0.396 e. The minimum atomic E-state index is -2.95. The summed E-state index contributed by atoms with van der Waals surface area (Å²) in [5.74, 6) is -3.70. The number of piperidine rings is 1. The van der Waals surface area contributed by atoms with Crippen LogP contribution in [0, 0.1) is 5.92 Å². The molecule has 3 aromatic rings. The van der Waals surface area contributed by atoms with E-state index < -0.39 is 30.5 Å². The first-order valence-electron chi connectivity index (χ1n) is 11.2. The van der Waals surface area contributed by atoms with E-state index >= 15 is 0 Å². The van der Waals surface area contributed by atoms with Gasteiger partial charge in [0.25, 0.3) is 5.92 Å². The number of hydrogen-bond donors (Lipinski definition) is 3. The van der Waals surface area contributed by atoms with E-state index in [0.29, 0.717) is 29.8 Å². The summed E-state index contributed by atoms with van der Waals surface area (Å²) in [6, 6.07) is 1.73. The molecule has 1 aliphatic rings. The number of alkyl halides is 2. The quantitative estimate of drug-likeness (QED) is 0.442. The lowest BCUT2D eigenvalue weighted by atomic mass is 9.94. The van der Waals surface area contributed by atoms with Gasteiger partial charge >= 0.3 is 5.69 Å². The van der Waals surface area contributed by atoms with Gasteiger partial charge in [-0.3, -0.25) is 9.13 Å². The second kappa shape index (κ2) is 9.32. The molecule has 4 rings (SSSR count). The molecule has 35 heavy (non-hydrogen) atoms. The van der Waals surface area contributed by atoms with E-state index in [2.05, 4.69) is 20.3 Å². The van der Waals surface area contributed by atoms with Crippen LogP contribution in [0.25, 0.3) is 11.2 Å². The van der Waals surface area contributed by atoms with Crippen LogP contribution in [-0.2, 0) is 13.6 Å². The first kappa shape index (κ1) is 25.3. The van der Waals surface area contributed by atoms with Crippen molar-refractivity contribution < 1.29 is 19.0 Å². The molecule has 1 aliphatic heterocycles. The maximum atomic E-state index is 14.0. The molecule has 10 nitrogen and oxygen atoms in total. The average Bonchev–Trinajstić information content (AvgIpc) is 3.02. The summed E-state index contributed by atoms with van der Waals surface area (Å²) >= 11 is 6.29. The van der Waals surface area contributed by atoms with Gasteiger partial charge in [-0.25, -0.2) is 23.5 Å². The van der Waals surface area contributed by atoms with Gasteiger partial charge in [0, 0.05) is 33.1 Å². The smallest absolute Gasteiger partial charge is 0.330 e. The number of anilines is 3. The number of imidazole rings is 1. The SMILES string of the molecule is Cn1c(=O)n(CCC(C)(C)O)c2cc(Nc3nc(N4CCC(F)(F)[C@@H](CO)C4)ncc3Cl)cnc21. The van der Waals surface area contributed by atoms with Gasteiger partial charge in [-0.1, -0.05) is 11.6 Å². The number of fused-ring (bicyclic) bond motifs is 1. The zero-order chi connectivity index (χ0) is 25.5. The van der Waals surface area contributed by atoms with Crippen molar-refractivity contribution in [3.05, 3.63) is 34.0 Å². The second-order valence-electron chi connectivity index (χ2n) is 9.45. The highest BCUT2D eigenvalue weighted by molar-refractivity contribution is 6.32. The predicted octanol–water partition coefficient (Wildman–Crippen LogP) is 2.54. The third-order valence-corrected chi connectivity index (χ3v) is 6.45. The lowest BCUT2D eigenvalue weighted by Crippen LogP contribution is -2.49. The first-order valence-corrected chi connectivity index (χ1v) is 11.6. The van der Waals surface area contributed by atoms with Gasteiger partial charge < -0.3 is 20.4 Å². The molecule has 1 fully saturated rings. The third-order valence-electron chi connectivity index (χ3n) is 6.17. The first-order chi connectivity index (χ1) is 16.4. The molecular weight excluding hydrogens is 484 g/mol. The number of aliphatic hydroxyl groups is 2. The van der Waals surface area contributed by atoms with Crippen LogP contribution in [0.2, 0.25) is 5.02 Å². The van der Waals surface area contributed by atoms with Gasteiger partial charge in [0.15, 0.2) is 11.5 Å². The molecule has 0 unspecified atom stereocenters. The van der Waals surface area contributed by atoms with Gasteiger partial charge in [-0.15, -0.1) is 0 Å². The molecular formula is C22H28ClF2N7O3. The van der Waals surface area contributed by atoms with Crippen molar-refractivity contribution in [3.8, 4) is 0 Å². The lowest BCUT2D eigenvalue weighted by Gasteiger charge is -2.37. The number of aliphatic hydroxyl groups excluding tert-OH is 1. The Bertz CT molecular complexity index is 1290. The second-order valence-corrected chi connectivity index (χ2v) is 9.86. The molecule has 0 saturated carbocycles. The fraction of sp³-hybridized carbons (Fsp3) is 0.545. The van der Waals surface area contributed by atoms with Crippen molar-refractivity contribution in [1.82, 2.24) is 24.1 Å².